The monoisotopic (exact) mass is 1340 g/mol. The van der Waals surface area contributed by atoms with Gasteiger partial charge in [-0.05, 0) is 168 Å². The number of aromatic nitrogens is 4. The molecule has 4 aromatic heterocycles. The van der Waals surface area contributed by atoms with Crippen molar-refractivity contribution in [2.75, 3.05) is 60.6 Å². The van der Waals surface area contributed by atoms with Crippen molar-refractivity contribution in [3.05, 3.63) is 261 Å². The fourth-order valence-corrected chi connectivity index (χ4v) is 12.2. The highest BCUT2D eigenvalue weighted by Gasteiger charge is 2.05. The molecule has 0 spiro atoms. The SMILES string of the molecule is C=CCCNc1nc2ccccc2s1.CCNc1nc2ccccc2s1.Cc1ccc(C)c(C=N)c1.Cc1ccc(C)c(C=N)c1.Cc1ccc(C)c(C=N)c1.Cc1ccc(C)c(C=N)c1.OCCNc1nc2ccccc2s1.[C-]#[N+]CCCCNc1nc2ccccc2s1. The molecule has 18 heteroatoms. The molecule has 0 saturated heterocycles. The number of unbranched alkanes of at least 4 members (excludes halogenated alkanes) is 1. The van der Waals surface area contributed by atoms with Gasteiger partial charge in [0, 0.05) is 57.5 Å². The first kappa shape index (κ1) is 76.1. The molecule has 0 amide bonds. The lowest BCUT2D eigenvalue weighted by molar-refractivity contribution is 0.311. The number of nitrogens with one attached hydrogen (secondary N) is 8. The first-order chi connectivity index (χ1) is 46.0. The molecule has 0 atom stereocenters. The van der Waals surface area contributed by atoms with E-state index in [-0.39, 0.29) is 6.61 Å². The average Bonchev–Trinajstić information content (AvgIpc) is 1.79. The molecule has 12 aromatic rings. The number of hydrogen-bond acceptors (Lipinski definition) is 17. The minimum atomic E-state index is 0.135. The van der Waals surface area contributed by atoms with Gasteiger partial charge in [0.2, 0.25) is 6.54 Å². The molecule has 0 unspecified atom stereocenters. The third kappa shape index (κ3) is 27.1. The molecule has 4 heterocycles. The number of aliphatic hydroxyl groups is 1. The lowest BCUT2D eigenvalue weighted by Gasteiger charge is -1.98. The molecule has 0 aliphatic rings. The van der Waals surface area contributed by atoms with Crippen molar-refractivity contribution in [3.63, 3.8) is 0 Å². The molecular formula is C77H89N13OS4. The first-order valence-corrected chi connectivity index (χ1v) is 34.6. The van der Waals surface area contributed by atoms with Gasteiger partial charge in [-0.2, -0.15) is 0 Å². The summed E-state index contributed by atoms with van der Waals surface area (Å²) >= 11 is 6.67. The van der Waals surface area contributed by atoms with Gasteiger partial charge in [-0.1, -0.05) is 195 Å². The van der Waals surface area contributed by atoms with Crippen molar-refractivity contribution >= 4 is 132 Å². The van der Waals surface area contributed by atoms with Crippen LogP contribution in [-0.4, -0.2) is 89.2 Å². The van der Waals surface area contributed by atoms with Gasteiger partial charge in [-0.25, -0.2) is 26.5 Å². The van der Waals surface area contributed by atoms with Crippen LogP contribution in [0.15, 0.2) is 183 Å². The van der Waals surface area contributed by atoms with Crippen molar-refractivity contribution in [2.45, 2.75) is 81.6 Å². The number of fused-ring (bicyclic) bond motifs is 4. The number of rotatable bonds is 18. The van der Waals surface area contributed by atoms with Crippen molar-refractivity contribution in [3.8, 4) is 0 Å². The molecule has 0 saturated carbocycles. The van der Waals surface area contributed by atoms with Gasteiger partial charge in [0.25, 0.3) is 0 Å². The lowest BCUT2D eigenvalue weighted by atomic mass is 10.1. The zero-order chi connectivity index (χ0) is 68.7. The zero-order valence-corrected chi connectivity index (χ0v) is 59.2. The largest absolute Gasteiger partial charge is 0.395 e. The number of aliphatic hydroxyl groups excluding tert-OH is 1. The summed E-state index contributed by atoms with van der Waals surface area (Å²) in [5, 5.41) is 53.5. The second-order valence-electron chi connectivity index (χ2n) is 21.7. The fourth-order valence-electron chi connectivity index (χ4n) is 8.56. The Balaban J connectivity index is 0.000000198. The van der Waals surface area contributed by atoms with Crippen LogP contribution in [0.25, 0.3) is 45.7 Å². The molecule has 0 aliphatic heterocycles. The van der Waals surface area contributed by atoms with Gasteiger partial charge in [-0.15, -0.1) is 6.58 Å². The maximum atomic E-state index is 8.62. The van der Waals surface area contributed by atoms with Crippen molar-refractivity contribution < 1.29 is 5.11 Å². The summed E-state index contributed by atoms with van der Waals surface area (Å²) in [4.78, 5) is 21.0. The minimum absolute atomic E-state index is 0.135. The topological polar surface area (TPSA) is 220 Å². The van der Waals surface area contributed by atoms with E-state index in [1.807, 2.05) is 189 Å². The number of hydrogen-bond donors (Lipinski definition) is 9. The van der Waals surface area contributed by atoms with Crippen LogP contribution in [0.4, 0.5) is 20.5 Å². The predicted molar refractivity (Wildman–Crippen MR) is 416 cm³/mol. The standard InChI is InChI=1S/C12H13N3S.C11H12N2S.C9H10N2OS.C9H10N2S.4C9H11N/c1-13-8-4-5-9-14-12-15-10-6-2-3-7-11(10)16-12;1-2-3-8-12-11-13-9-6-4-5-7-10(9)14-11;12-6-5-10-9-11-7-3-1-2-4-8(7)13-9;1-2-10-9-11-7-5-3-4-6-8(7)12-9;4*1-7-3-4-8(2)9(5-7)6-10/h2-3,6-7H,4-5,8-9H2,(H,14,15);2,4-7H,1,3,8H2,(H,12,13);1-4,12H,5-6H2,(H,10,11);3-6H,2H2,1H3,(H,10,11);4*3-6,10H,1-2H3. The molecule has 95 heavy (non-hydrogen) atoms. The molecule has 0 aliphatic carbocycles. The summed E-state index contributed by atoms with van der Waals surface area (Å²) in [5.41, 5.74) is 17.8. The average molecular weight is 1340 g/mol. The van der Waals surface area contributed by atoms with E-state index >= 15 is 0 Å². The summed E-state index contributed by atoms with van der Waals surface area (Å²) in [5.74, 6) is 0. The smallest absolute Gasteiger partial charge is 0.214 e. The van der Waals surface area contributed by atoms with E-state index in [1.54, 1.807) is 45.3 Å². The van der Waals surface area contributed by atoms with Gasteiger partial charge < -0.3 is 52.9 Å². The van der Waals surface area contributed by atoms with E-state index in [9.17, 15) is 0 Å². The van der Waals surface area contributed by atoms with Gasteiger partial charge in [0.1, 0.15) is 0 Å². The van der Waals surface area contributed by atoms with Crippen LogP contribution in [0.1, 0.15) is 92.9 Å². The first-order valence-electron chi connectivity index (χ1n) is 31.3. The third-order valence-electron chi connectivity index (χ3n) is 13.9. The second kappa shape index (κ2) is 42.6. The van der Waals surface area contributed by atoms with Crippen LogP contribution >= 0.6 is 45.3 Å². The summed E-state index contributed by atoms with van der Waals surface area (Å²) < 4.78 is 4.86. The van der Waals surface area contributed by atoms with Gasteiger partial charge in [0.15, 0.2) is 20.5 Å². The van der Waals surface area contributed by atoms with Crippen LogP contribution in [0.2, 0.25) is 0 Å². The van der Waals surface area contributed by atoms with Crippen LogP contribution in [0, 0.1) is 83.6 Å². The van der Waals surface area contributed by atoms with E-state index in [1.165, 1.54) is 88.2 Å². The van der Waals surface area contributed by atoms with Crippen LogP contribution in [-0.2, 0) is 0 Å². The molecule has 8 aromatic carbocycles. The quantitative estimate of drug-likeness (QED) is 0.0172. The van der Waals surface area contributed by atoms with Crippen molar-refractivity contribution in [1.29, 1.82) is 21.6 Å². The number of aryl methyl sites for hydroxylation is 8. The lowest BCUT2D eigenvalue weighted by Crippen LogP contribution is -2.04. The second-order valence-corrected chi connectivity index (χ2v) is 25.8. The Kier molecular flexibility index (Phi) is 34.1. The Morgan fingerprint density at radius 1 is 0.421 bits per heavy atom. The Hall–Kier alpha value is -9.61. The normalized spacial score (nSPS) is 9.95. The Morgan fingerprint density at radius 2 is 0.716 bits per heavy atom. The van der Waals surface area contributed by atoms with Gasteiger partial charge in [-0.3, -0.25) is 0 Å². The fraction of sp³-hybridized carbons (Fsp3) is 0.234. The Bertz CT molecular complexity index is 4010. The van der Waals surface area contributed by atoms with E-state index in [2.05, 4.69) is 102 Å². The van der Waals surface area contributed by atoms with Crippen LogP contribution in [0.5, 0.6) is 0 Å². The Labute approximate surface area is 577 Å². The Morgan fingerprint density at radius 3 is 0.979 bits per heavy atom. The number of nitrogens with zero attached hydrogens (tertiary/aromatic N) is 5. The molecule has 12 rings (SSSR count). The molecule has 0 bridgehead atoms. The van der Waals surface area contributed by atoms with E-state index in [0.717, 1.165) is 104 Å². The van der Waals surface area contributed by atoms with Crippen molar-refractivity contribution in [2.24, 2.45) is 0 Å². The molecular weight excluding hydrogens is 1250 g/mol. The van der Waals surface area contributed by atoms with Crippen LogP contribution in [0.3, 0.4) is 0 Å². The summed E-state index contributed by atoms with van der Waals surface area (Å²) in [7, 11) is 0. The molecule has 0 fully saturated rings. The van der Waals surface area contributed by atoms with Crippen molar-refractivity contribution in [1.82, 2.24) is 19.9 Å². The summed E-state index contributed by atoms with van der Waals surface area (Å²) in [6.45, 7) is 32.7. The van der Waals surface area contributed by atoms with E-state index in [0.29, 0.717) is 13.1 Å². The molecule has 492 valence electrons. The number of para-hydroxylation sites is 4. The molecule has 0 radical (unpaired) electrons. The minimum Gasteiger partial charge on any atom is -0.395 e. The van der Waals surface area contributed by atoms with Gasteiger partial charge in [0.05, 0.1) is 47.5 Å². The van der Waals surface area contributed by atoms with E-state index in [4.69, 9.17) is 33.3 Å². The van der Waals surface area contributed by atoms with Crippen LogP contribution < -0.4 is 21.3 Å². The summed E-state index contributed by atoms with van der Waals surface area (Å²) in [6, 6.07) is 56.9. The van der Waals surface area contributed by atoms with E-state index < -0.39 is 0 Å². The number of anilines is 4. The summed E-state index contributed by atoms with van der Waals surface area (Å²) in [6.07, 6.45) is 10.4. The highest BCUT2D eigenvalue weighted by Crippen LogP contribution is 2.28. The number of thiazole rings is 4. The number of benzene rings is 8. The molecule has 9 N–H and O–H groups in total. The zero-order valence-electron chi connectivity index (χ0n) is 55.9. The van der Waals surface area contributed by atoms with Gasteiger partial charge >= 0.3 is 0 Å². The molecule has 14 nitrogen and oxygen atoms in total. The highest BCUT2D eigenvalue weighted by atomic mass is 32.1. The maximum absolute atomic E-state index is 8.62. The predicted octanol–water partition coefficient (Wildman–Crippen LogP) is 20.3. The highest BCUT2D eigenvalue weighted by molar-refractivity contribution is 7.23. The third-order valence-corrected chi connectivity index (χ3v) is 17.8. The maximum Gasteiger partial charge on any atom is 0.214 e.